The molecular weight excluding hydrogens is 218 g/mol. The number of hydrogen-bond donors (Lipinski definition) is 2. The van der Waals surface area contributed by atoms with E-state index in [9.17, 15) is 0 Å². The van der Waals surface area contributed by atoms with Gasteiger partial charge in [-0.3, -0.25) is 0 Å². The second kappa shape index (κ2) is 6.93. The van der Waals surface area contributed by atoms with Gasteiger partial charge < -0.3 is 19.9 Å². The number of hydrogen-bond acceptors (Lipinski definition) is 4. The zero-order valence-corrected chi connectivity index (χ0v) is 10.3. The van der Waals surface area contributed by atoms with Gasteiger partial charge in [0.15, 0.2) is 11.5 Å². The standard InChI is InChI=1S/C13H19NO3/c1-10(7-14-2)9-17-12-5-4-11(8-15)6-13(12)16-3/h4-6,14-15H,1,7-9H2,2-3H3. The van der Waals surface area contributed by atoms with Gasteiger partial charge in [0.25, 0.3) is 0 Å². The molecule has 1 aromatic rings. The smallest absolute Gasteiger partial charge is 0.161 e. The van der Waals surface area contributed by atoms with Crippen LogP contribution >= 0.6 is 0 Å². The summed E-state index contributed by atoms with van der Waals surface area (Å²) in [4.78, 5) is 0. The van der Waals surface area contributed by atoms with E-state index in [4.69, 9.17) is 14.6 Å². The molecule has 0 aliphatic heterocycles. The molecule has 0 aliphatic rings. The molecule has 4 heteroatoms. The van der Waals surface area contributed by atoms with Gasteiger partial charge in [0, 0.05) is 6.54 Å². The molecule has 17 heavy (non-hydrogen) atoms. The average molecular weight is 237 g/mol. The molecule has 0 fully saturated rings. The topological polar surface area (TPSA) is 50.7 Å². The summed E-state index contributed by atoms with van der Waals surface area (Å²) < 4.78 is 10.8. The van der Waals surface area contributed by atoms with Crippen molar-refractivity contribution in [2.24, 2.45) is 0 Å². The fourth-order valence-electron chi connectivity index (χ4n) is 1.41. The number of rotatable bonds is 7. The highest BCUT2D eigenvalue weighted by molar-refractivity contribution is 5.42. The molecule has 0 amide bonds. The van der Waals surface area contributed by atoms with Crippen LogP contribution < -0.4 is 14.8 Å². The number of likely N-dealkylation sites (N-methyl/N-ethyl adjacent to an activating group) is 1. The van der Waals surface area contributed by atoms with E-state index in [2.05, 4.69) is 11.9 Å². The molecule has 0 atom stereocenters. The van der Waals surface area contributed by atoms with Crippen molar-refractivity contribution in [3.63, 3.8) is 0 Å². The van der Waals surface area contributed by atoms with Crippen LogP contribution in [0.25, 0.3) is 0 Å². The highest BCUT2D eigenvalue weighted by Crippen LogP contribution is 2.28. The molecule has 2 N–H and O–H groups in total. The fraction of sp³-hybridized carbons (Fsp3) is 0.385. The molecule has 0 saturated carbocycles. The summed E-state index contributed by atoms with van der Waals surface area (Å²) >= 11 is 0. The van der Waals surface area contributed by atoms with E-state index in [1.807, 2.05) is 7.05 Å². The van der Waals surface area contributed by atoms with Crippen LogP contribution in [0.3, 0.4) is 0 Å². The molecule has 1 rings (SSSR count). The van der Waals surface area contributed by atoms with E-state index in [-0.39, 0.29) is 6.61 Å². The Morgan fingerprint density at radius 3 is 2.76 bits per heavy atom. The van der Waals surface area contributed by atoms with Gasteiger partial charge in [0.1, 0.15) is 6.61 Å². The summed E-state index contributed by atoms with van der Waals surface area (Å²) in [5.74, 6) is 1.27. The van der Waals surface area contributed by atoms with E-state index in [0.717, 1.165) is 17.7 Å². The van der Waals surface area contributed by atoms with E-state index in [1.165, 1.54) is 0 Å². The van der Waals surface area contributed by atoms with E-state index >= 15 is 0 Å². The summed E-state index contributed by atoms with van der Waals surface area (Å²) in [7, 11) is 3.44. The molecule has 4 nitrogen and oxygen atoms in total. The first-order valence-electron chi connectivity index (χ1n) is 5.43. The molecule has 0 saturated heterocycles. The maximum Gasteiger partial charge on any atom is 0.161 e. The zero-order chi connectivity index (χ0) is 12.7. The second-order valence-corrected chi connectivity index (χ2v) is 3.71. The van der Waals surface area contributed by atoms with Crippen LogP contribution in [0.5, 0.6) is 11.5 Å². The zero-order valence-electron chi connectivity index (χ0n) is 10.3. The predicted octanol–water partition coefficient (Wildman–Crippen LogP) is 1.34. The lowest BCUT2D eigenvalue weighted by atomic mass is 10.2. The van der Waals surface area contributed by atoms with Crippen LogP contribution in [0.15, 0.2) is 30.4 Å². The number of ether oxygens (including phenoxy) is 2. The van der Waals surface area contributed by atoms with E-state index < -0.39 is 0 Å². The highest BCUT2D eigenvalue weighted by Gasteiger charge is 2.05. The summed E-state index contributed by atoms with van der Waals surface area (Å²) in [6, 6.07) is 5.35. The van der Waals surface area contributed by atoms with Crippen LogP contribution in [0.4, 0.5) is 0 Å². The lowest BCUT2D eigenvalue weighted by Gasteiger charge is -2.12. The Hall–Kier alpha value is -1.52. The minimum atomic E-state index is -0.0108. The van der Waals surface area contributed by atoms with Crippen LogP contribution in [0.1, 0.15) is 5.56 Å². The van der Waals surface area contributed by atoms with Gasteiger partial charge in [-0.1, -0.05) is 12.6 Å². The largest absolute Gasteiger partial charge is 0.493 e. The van der Waals surface area contributed by atoms with E-state index in [0.29, 0.717) is 18.1 Å². The third kappa shape index (κ3) is 4.09. The van der Waals surface area contributed by atoms with Gasteiger partial charge in [0.2, 0.25) is 0 Å². The van der Waals surface area contributed by atoms with Crippen molar-refractivity contribution in [3.8, 4) is 11.5 Å². The normalized spacial score (nSPS) is 10.1. The first kappa shape index (κ1) is 13.5. The van der Waals surface area contributed by atoms with Crippen molar-refractivity contribution >= 4 is 0 Å². The molecule has 0 aromatic heterocycles. The van der Waals surface area contributed by atoms with Crippen LogP contribution in [0.2, 0.25) is 0 Å². The molecule has 0 radical (unpaired) electrons. The average Bonchev–Trinajstić information content (AvgIpc) is 2.36. The Bertz CT molecular complexity index is 377. The Kier molecular flexibility index (Phi) is 5.52. The van der Waals surface area contributed by atoms with Gasteiger partial charge in [-0.05, 0) is 30.3 Å². The number of aliphatic hydroxyl groups is 1. The van der Waals surface area contributed by atoms with Crippen molar-refractivity contribution in [2.45, 2.75) is 6.61 Å². The predicted molar refractivity (Wildman–Crippen MR) is 67.5 cm³/mol. The second-order valence-electron chi connectivity index (χ2n) is 3.71. The summed E-state index contributed by atoms with van der Waals surface area (Å²) in [5, 5.41) is 12.0. The lowest BCUT2D eigenvalue weighted by Crippen LogP contribution is -2.14. The van der Waals surface area contributed by atoms with Gasteiger partial charge in [-0.25, -0.2) is 0 Å². The molecule has 0 heterocycles. The van der Waals surface area contributed by atoms with Crippen molar-refractivity contribution in [1.82, 2.24) is 5.32 Å². The Labute approximate surface area is 102 Å². The van der Waals surface area contributed by atoms with Crippen molar-refractivity contribution in [1.29, 1.82) is 0 Å². The summed E-state index contributed by atoms with van der Waals surface area (Å²) in [6.45, 7) is 5.03. The minimum absolute atomic E-state index is 0.0108. The Morgan fingerprint density at radius 1 is 1.41 bits per heavy atom. The van der Waals surface area contributed by atoms with E-state index in [1.54, 1.807) is 25.3 Å². The fourth-order valence-corrected chi connectivity index (χ4v) is 1.41. The lowest BCUT2D eigenvalue weighted by molar-refractivity contribution is 0.279. The molecule has 0 unspecified atom stereocenters. The monoisotopic (exact) mass is 237 g/mol. The van der Waals surface area contributed by atoms with Gasteiger partial charge in [-0.15, -0.1) is 0 Å². The quantitative estimate of drug-likeness (QED) is 0.703. The van der Waals surface area contributed by atoms with Crippen LogP contribution in [0, 0.1) is 0 Å². The van der Waals surface area contributed by atoms with Gasteiger partial charge in [0.05, 0.1) is 13.7 Å². The maximum absolute atomic E-state index is 9.02. The van der Waals surface area contributed by atoms with Crippen molar-refractivity contribution in [2.75, 3.05) is 27.3 Å². The number of nitrogens with one attached hydrogen (secondary N) is 1. The van der Waals surface area contributed by atoms with Gasteiger partial charge in [-0.2, -0.15) is 0 Å². The summed E-state index contributed by atoms with van der Waals surface area (Å²) in [6.07, 6.45) is 0. The minimum Gasteiger partial charge on any atom is -0.493 e. The number of aliphatic hydroxyl groups excluding tert-OH is 1. The number of methoxy groups -OCH3 is 1. The van der Waals surface area contributed by atoms with Crippen molar-refractivity contribution < 1.29 is 14.6 Å². The van der Waals surface area contributed by atoms with Crippen molar-refractivity contribution in [3.05, 3.63) is 35.9 Å². The molecule has 94 valence electrons. The SMILES string of the molecule is C=C(CNC)COc1ccc(CO)cc1OC. The molecule has 0 bridgehead atoms. The Morgan fingerprint density at radius 2 is 2.18 bits per heavy atom. The van der Waals surface area contributed by atoms with Crippen LogP contribution in [-0.4, -0.2) is 32.4 Å². The first-order chi connectivity index (χ1) is 8.21. The summed E-state index contributed by atoms with van der Waals surface area (Å²) in [5.41, 5.74) is 1.75. The highest BCUT2D eigenvalue weighted by atomic mass is 16.5. The third-order valence-corrected chi connectivity index (χ3v) is 2.27. The first-order valence-corrected chi connectivity index (χ1v) is 5.43. The number of benzene rings is 1. The maximum atomic E-state index is 9.02. The molecule has 0 aliphatic carbocycles. The van der Waals surface area contributed by atoms with Crippen LogP contribution in [-0.2, 0) is 6.61 Å². The van der Waals surface area contributed by atoms with Gasteiger partial charge >= 0.3 is 0 Å². The third-order valence-electron chi connectivity index (χ3n) is 2.27. The molecular formula is C13H19NO3. The Balaban J connectivity index is 2.67. The molecule has 1 aromatic carbocycles. The molecule has 0 spiro atoms.